The molecule has 1 saturated heterocycles. The van der Waals surface area contributed by atoms with Gasteiger partial charge in [-0.15, -0.1) is 0 Å². The Morgan fingerprint density at radius 2 is 1.72 bits per heavy atom. The molecular weight excluding hydrogens is 458 g/mol. The summed E-state index contributed by atoms with van der Waals surface area (Å²) in [5.74, 6) is -2.95. The number of rotatable bonds is 5. The number of aliphatic hydroxyl groups excluding tert-OH is 1. The number of fused-ring (bicyclic) bond motifs is 1. The molecule has 4 aromatic rings. The predicted molar refractivity (Wildman–Crippen MR) is 135 cm³/mol. The van der Waals surface area contributed by atoms with Gasteiger partial charge >= 0.3 is 11.9 Å². The molecule has 0 radical (unpaired) electrons. The molecule has 3 aromatic carbocycles. The van der Waals surface area contributed by atoms with Gasteiger partial charge in [0.05, 0.1) is 28.2 Å². The van der Waals surface area contributed by atoms with Crippen molar-refractivity contribution >= 4 is 40.4 Å². The lowest BCUT2D eigenvalue weighted by Gasteiger charge is -2.23. The highest BCUT2D eigenvalue weighted by atomic mass is 16.4. The van der Waals surface area contributed by atoms with E-state index < -0.39 is 23.7 Å². The number of hydrogen-bond donors (Lipinski definition) is 3. The number of benzene rings is 3. The van der Waals surface area contributed by atoms with Crippen LogP contribution in [-0.2, 0) is 16.0 Å². The fraction of sp³-hybridized carbons (Fsp3) is 0.143. The van der Waals surface area contributed by atoms with Crippen molar-refractivity contribution in [3.8, 4) is 0 Å². The van der Waals surface area contributed by atoms with Crippen LogP contribution in [0.25, 0.3) is 16.8 Å². The van der Waals surface area contributed by atoms with Crippen LogP contribution >= 0.6 is 0 Å². The Balaban J connectivity index is 1.70. The van der Waals surface area contributed by atoms with E-state index in [9.17, 15) is 24.6 Å². The Kier molecular flexibility index (Phi) is 5.64. The van der Waals surface area contributed by atoms with Crippen LogP contribution in [0.1, 0.15) is 45.6 Å². The van der Waals surface area contributed by atoms with E-state index in [1.807, 2.05) is 44.2 Å². The number of carbonyl (C=O) groups excluding carboxylic acids is 2. The van der Waals surface area contributed by atoms with E-state index in [0.29, 0.717) is 22.2 Å². The second-order valence-corrected chi connectivity index (χ2v) is 8.73. The van der Waals surface area contributed by atoms with Gasteiger partial charge < -0.3 is 15.2 Å². The van der Waals surface area contributed by atoms with E-state index >= 15 is 0 Å². The maximum absolute atomic E-state index is 13.3. The van der Waals surface area contributed by atoms with Crippen molar-refractivity contribution in [1.29, 1.82) is 0 Å². The molecule has 1 fully saturated rings. The molecule has 2 heterocycles. The Bertz CT molecular complexity index is 1570. The van der Waals surface area contributed by atoms with Gasteiger partial charge in [-0.25, -0.2) is 9.78 Å². The third-order valence-corrected chi connectivity index (χ3v) is 6.38. The number of nitrogens with zero attached hydrogens (tertiary/aromatic N) is 2. The van der Waals surface area contributed by atoms with Gasteiger partial charge in [0.2, 0.25) is 5.95 Å². The highest BCUT2D eigenvalue weighted by Gasteiger charge is 2.48. The summed E-state index contributed by atoms with van der Waals surface area (Å²) in [5.41, 5.74) is 3.92. The van der Waals surface area contributed by atoms with Crippen molar-refractivity contribution in [1.82, 2.24) is 9.97 Å². The normalized spacial score (nSPS) is 17.2. The van der Waals surface area contributed by atoms with Gasteiger partial charge in [-0.05, 0) is 42.7 Å². The van der Waals surface area contributed by atoms with Gasteiger partial charge in [0.15, 0.2) is 0 Å². The molecule has 0 spiro atoms. The summed E-state index contributed by atoms with van der Waals surface area (Å²) in [7, 11) is 0. The zero-order valence-corrected chi connectivity index (χ0v) is 19.6. The number of nitrogens with one attached hydrogen (secondary N) is 1. The van der Waals surface area contributed by atoms with Crippen LogP contribution in [0.3, 0.4) is 0 Å². The van der Waals surface area contributed by atoms with Crippen LogP contribution in [0.4, 0.5) is 5.95 Å². The van der Waals surface area contributed by atoms with Crippen LogP contribution in [-0.4, -0.2) is 37.8 Å². The average Bonchev–Trinajstić information content (AvgIpc) is 3.41. The molecule has 3 N–H and O–H groups in total. The second kappa shape index (κ2) is 8.81. The summed E-state index contributed by atoms with van der Waals surface area (Å²) in [6.45, 7) is 3.92. The summed E-state index contributed by atoms with van der Waals surface area (Å²) in [6, 6.07) is 18.0. The summed E-state index contributed by atoms with van der Waals surface area (Å²) in [5, 5.41) is 20.6. The van der Waals surface area contributed by atoms with Crippen molar-refractivity contribution < 1.29 is 24.6 Å². The van der Waals surface area contributed by atoms with Gasteiger partial charge in [-0.1, -0.05) is 61.0 Å². The number of Topliss-reactive ketones (excluding diaryl/α,β-unsaturated/α-hetero) is 1. The predicted octanol–water partition coefficient (Wildman–Crippen LogP) is 4.76. The van der Waals surface area contributed by atoms with Gasteiger partial charge in [0.1, 0.15) is 5.76 Å². The minimum atomic E-state index is -1.10. The number of carboxylic acids is 1. The van der Waals surface area contributed by atoms with Crippen LogP contribution in [0.5, 0.6) is 0 Å². The standard InChI is InChI=1S/C28H23N3O5/c1-3-16-7-9-17(10-8-16)24(32)22-23(18-6-4-5-15(2)13-18)31(26(34)25(22)33)28-29-20-12-11-19(27(35)36)14-21(20)30-28/h4-14,23,32H,3H2,1-2H3,(H,29,30)(H,35,36)/b24-22+. The summed E-state index contributed by atoms with van der Waals surface area (Å²) < 4.78 is 0. The van der Waals surface area contributed by atoms with Crippen LogP contribution in [0.2, 0.25) is 0 Å². The third kappa shape index (κ3) is 3.82. The molecule has 1 atom stereocenters. The maximum Gasteiger partial charge on any atom is 0.335 e. The monoisotopic (exact) mass is 481 g/mol. The molecule has 0 aliphatic carbocycles. The van der Waals surface area contributed by atoms with Gasteiger partial charge in [-0.3, -0.25) is 14.5 Å². The van der Waals surface area contributed by atoms with Gasteiger partial charge in [0.25, 0.3) is 5.78 Å². The number of carboxylic acid groups (broad SMARTS) is 1. The molecule has 36 heavy (non-hydrogen) atoms. The number of imidazole rings is 1. The maximum atomic E-state index is 13.3. The van der Waals surface area contributed by atoms with Crippen molar-refractivity contribution in [2.24, 2.45) is 0 Å². The SMILES string of the molecule is CCc1ccc(/C(O)=C2\C(=O)C(=O)N(c3nc4ccc(C(=O)O)cc4[nH]3)C2c2cccc(C)c2)cc1. The van der Waals surface area contributed by atoms with Crippen molar-refractivity contribution in [2.45, 2.75) is 26.3 Å². The fourth-order valence-electron chi connectivity index (χ4n) is 4.50. The first-order valence-electron chi connectivity index (χ1n) is 11.5. The summed E-state index contributed by atoms with van der Waals surface area (Å²) in [4.78, 5) is 46.7. The van der Waals surface area contributed by atoms with E-state index in [4.69, 9.17) is 0 Å². The smallest absolute Gasteiger partial charge is 0.335 e. The number of H-pyrrole nitrogens is 1. The molecule has 8 heteroatoms. The average molecular weight is 482 g/mol. The fourth-order valence-corrected chi connectivity index (χ4v) is 4.50. The molecule has 180 valence electrons. The number of carbonyl (C=O) groups is 3. The quantitative estimate of drug-likeness (QED) is 0.215. The molecule has 1 unspecified atom stereocenters. The zero-order chi connectivity index (χ0) is 25.6. The molecule has 8 nitrogen and oxygen atoms in total. The molecule has 1 aliphatic rings. The molecule has 1 aliphatic heterocycles. The van der Waals surface area contributed by atoms with E-state index in [-0.39, 0.29) is 22.8 Å². The number of aromatic carboxylic acids is 1. The number of aryl methyl sites for hydroxylation is 2. The lowest BCUT2D eigenvalue weighted by molar-refractivity contribution is -0.132. The number of amides is 1. The molecule has 5 rings (SSSR count). The molecule has 0 saturated carbocycles. The van der Waals surface area contributed by atoms with Crippen LogP contribution < -0.4 is 4.90 Å². The van der Waals surface area contributed by atoms with E-state index in [0.717, 1.165) is 17.5 Å². The Morgan fingerprint density at radius 1 is 1.00 bits per heavy atom. The molecular formula is C28H23N3O5. The summed E-state index contributed by atoms with van der Waals surface area (Å²) in [6.07, 6.45) is 0.824. The lowest BCUT2D eigenvalue weighted by atomic mass is 9.94. The molecule has 0 bridgehead atoms. The molecule has 1 amide bonds. The number of hydrogen-bond acceptors (Lipinski definition) is 5. The summed E-state index contributed by atoms with van der Waals surface area (Å²) >= 11 is 0. The van der Waals surface area contributed by atoms with Crippen LogP contribution in [0, 0.1) is 6.92 Å². The first kappa shape index (κ1) is 23.0. The highest BCUT2D eigenvalue weighted by molar-refractivity contribution is 6.51. The van der Waals surface area contributed by atoms with E-state index in [1.165, 1.54) is 23.1 Å². The topological polar surface area (TPSA) is 124 Å². The largest absolute Gasteiger partial charge is 0.507 e. The minimum absolute atomic E-state index is 0.0403. The van der Waals surface area contributed by atoms with Crippen molar-refractivity contribution in [3.63, 3.8) is 0 Å². The number of anilines is 1. The number of aliphatic hydroxyl groups is 1. The highest BCUT2D eigenvalue weighted by Crippen LogP contribution is 2.42. The first-order chi connectivity index (χ1) is 17.3. The molecule has 1 aromatic heterocycles. The lowest BCUT2D eigenvalue weighted by Crippen LogP contribution is -2.30. The zero-order valence-electron chi connectivity index (χ0n) is 19.6. The van der Waals surface area contributed by atoms with Gasteiger partial charge in [-0.2, -0.15) is 0 Å². The number of aromatic nitrogens is 2. The van der Waals surface area contributed by atoms with Crippen molar-refractivity contribution in [2.75, 3.05) is 4.90 Å². The van der Waals surface area contributed by atoms with E-state index in [1.54, 1.807) is 18.2 Å². The Morgan fingerprint density at radius 3 is 2.39 bits per heavy atom. The number of ketones is 1. The number of aromatic amines is 1. The Labute approximate surface area is 206 Å². The minimum Gasteiger partial charge on any atom is -0.507 e. The first-order valence-corrected chi connectivity index (χ1v) is 11.5. The van der Waals surface area contributed by atoms with Crippen LogP contribution in [0.15, 0.2) is 72.3 Å². The third-order valence-electron chi connectivity index (χ3n) is 6.38. The van der Waals surface area contributed by atoms with E-state index in [2.05, 4.69) is 9.97 Å². The van der Waals surface area contributed by atoms with Crippen molar-refractivity contribution in [3.05, 3.63) is 100 Å². The Hall–Kier alpha value is -4.72. The van der Waals surface area contributed by atoms with Gasteiger partial charge in [0, 0.05) is 5.56 Å². The second-order valence-electron chi connectivity index (χ2n) is 8.73.